The van der Waals surface area contributed by atoms with Crippen molar-refractivity contribution in [1.29, 1.82) is 0 Å². The Morgan fingerprint density at radius 3 is 2.41 bits per heavy atom. The van der Waals surface area contributed by atoms with E-state index in [1.807, 2.05) is 6.08 Å². The summed E-state index contributed by atoms with van der Waals surface area (Å²) < 4.78 is 7.88. The van der Waals surface area contributed by atoms with Crippen LogP contribution in [0.4, 0.5) is 4.79 Å². The molecule has 1 saturated carbocycles. The maximum Gasteiger partial charge on any atom is 0.293 e. The summed E-state index contributed by atoms with van der Waals surface area (Å²) in [5.41, 5.74) is 5.61. The number of thioether (sulfide) groups is 1. The van der Waals surface area contributed by atoms with Gasteiger partial charge in [-0.1, -0.05) is 43.0 Å². The summed E-state index contributed by atoms with van der Waals surface area (Å²) in [6.07, 6.45) is 8.41. The van der Waals surface area contributed by atoms with Crippen LogP contribution in [0.15, 0.2) is 59.5 Å². The zero-order valence-electron chi connectivity index (χ0n) is 21.2. The predicted octanol–water partition coefficient (Wildman–Crippen LogP) is 7.91. The number of rotatable bonds is 7. The van der Waals surface area contributed by atoms with Crippen molar-refractivity contribution in [2.75, 3.05) is 13.2 Å². The van der Waals surface area contributed by atoms with Crippen molar-refractivity contribution in [3.8, 4) is 11.4 Å². The molecule has 1 aliphatic carbocycles. The molecular weight excluding hydrogens is 504 g/mol. The summed E-state index contributed by atoms with van der Waals surface area (Å²) in [5, 5.41) is 0.349. The normalized spacial score (nSPS) is 17.7. The summed E-state index contributed by atoms with van der Waals surface area (Å²) in [5.74, 6) is 1.04. The number of hydrogen-bond donors (Lipinski definition) is 0. The van der Waals surface area contributed by atoms with Crippen molar-refractivity contribution >= 4 is 40.6 Å². The van der Waals surface area contributed by atoms with E-state index < -0.39 is 0 Å². The smallest absolute Gasteiger partial charge is 0.293 e. The van der Waals surface area contributed by atoms with E-state index in [1.54, 1.807) is 24.3 Å². The van der Waals surface area contributed by atoms with Crippen molar-refractivity contribution in [2.45, 2.75) is 51.9 Å². The van der Waals surface area contributed by atoms with Crippen LogP contribution in [0.1, 0.15) is 60.5 Å². The number of carbonyl (C=O) groups is 2. The predicted molar refractivity (Wildman–Crippen MR) is 151 cm³/mol. The summed E-state index contributed by atoms with van der Waals surface area (Å²) in [6.45, 7) is 4.53. The number of aromatic nitrogens is 1. The van der Waals surface area contributed by atoms with E-state index >= 15 is 0 Å². The van der Waals surface area contributed by atoms with E-state index in [4.69, 9.17) is 16.3 Å². The SMILES string of the molecule is Cc1cc(/C=C2\SC(=O)N(CCOc3ccc(Cl)cc3)C2=O)c(C)n1-c1ccc(C2CCCCC2)cc1. The average Bonchev–Trinajstić information content (AvgIpc) is 3.34. The standard InChI is InChI=1S/C30H31ClN2O3S/c1-20-18-24(21(2)33(20)26-12-8-23(9-13-26)22-6-4-3-5-7-22)19-28-29(34)32(30(35)37-28)16-17-36-27-14-10-25(31)11-15-27/h8-15,18-19,22H,3-7,16-17H2,1-2H3/b28-19-. The lowest BCUT2D eigenvalue weighted by atomic mass is 9.84. The fourth-order valence-corrected chi connectivity index (χ4v) is 6.26. The van der Waals surface area contributed by atoms with Crippen molar-refractivity contribution < 1.29 is 14.3 Å². The number of halogens is 1. The van der Waals surface area contributed by atoms with Crippen LogP contribution in [-0.2, 0) is 4.79 Å². The Labute approximate surface area is 227 Å². The molecule has 0 atom stereocenters. The zero-order chi connectivity index (χ0) is 25.9. The van der Waals surface area contributed by atoms with E-state index in [0.29, 0.717) is 21.6 Å². The second-order valence-electron chi connectivity index (χ2n) is 9.72. The molecule has 1 aromatic heterocycles. The molecule has 2 aliphatic rings. The summed E-state index contributed by atoms with van der Waals surface area (Å²) in [6, 6.07) is 18.0. The number of imide groups is 1. The van der Waals surface area contributed by atoms with Crippen molar-refractivity contribution in [3.05, 3.63) is 87.0 Å². The van der Waals surface area contributed by atoms with Gasteiger partial charge in [0.05, 0.1) is 11.4 Å². The largest absolute Gasteiger partial charge is 0.492 e. The van der Waals surface area contributed by atoms with E-state index in [2.05, 4.69) is 48.7 Å². The van der Waals surface area contributed by atoms with Gasteiger partial charge in [0.15, 0.2) is 0 Å². The Hall–Kier alpha value is -2.96. The highest BCUT2D eigenvalue weighted by atomic mass is 35.5. The van der Waals surface area contributed by atoms with Gasteiger partial charge in [0, 0.05) is 22.1 Å². The average molecular weight is 535 g/mol. The molecule has 0 N–H and O–H groups in total. The Morgan fingerprint density at radius 1 is 1.00 bits per heavy atom. The number of nitrogens with zero attached hydrogens (tertiary/aromatic N) is 2. The molecule has 7 heteroatoms. The van der Waals surface area contributed by atoms with Gasteiger partial charge in [-0.3, -0.25) is 14.5 Å². The maximum atomic E-state index is 13.0. The van der Waals surface area contributed by atoms with Crippen LogP contribution >= 0.6 is 23.4 Å². The highest BCUT2D eigenvalue weighted by molar-refractivity contribution is 8.18. The minimum atomic E-state index is -0.281. The quantitative estimate of drug-likeness (QED) is 0.289. The first kappa shape index (κ1) is 25.7. The molecule has 37 heavy (non-hydrogen) atoms. The van der Waals surface area contributed by atoms with E-state index in [9.17, 15) is 9.59 Å². The van der Waals surface area contributed by atoms with Crippen LogP contribution in [0.25, 0.3) is 11.8 Å². The first-order valence-electron chi connectivity index (χ1n) is 12.8. The van der Waals surface area contributed by atoms with Gasteiger partial charge in [-0.25, -0.2) is 0 Å². The van der Waals surface area contributed by atoms with Gasteiger partial charge in [-0.05, 0) is 104 Å². The molecule has 0 unspecified atom stereocenters. The van der Waals surface area contributed by atoms with E-state index in [-0.39, 0.29) is 24.3 Å². The number of carbonyl (C=O) groups excluding carboxylic acids is 2. The number of ether oxygens (including phenoxy) is 1. The van der Waals surface area contributed by atoms with Crippen molar-refractivity contribution in [3.63, 3.8) is 0 Å². The van der Waals surface area contributed by atoms with Gasteiger partial charge in [0.25, 0.3) is 11.1 Å². The lowest BCUT2D eigenvalue weighted by Crippen LogP contribution is -2.32. The van der Waals surface area contributed by atoms with Gasteiger partial charge >= 0.3 is 0 Å². The second-order valence-corrected chi connectivity index (χ2v) is 11.2. The van der Waals surface area contributed by atoms with Gasteiger partial charge in [0.2, 0.25) is 0 Å². The van der Waals surface area contributed by atoms with E-state index in [0.717, 1.165) is 34.4 Å². The minimum Gasteiger partial charge on any atom is -0.492 e. The van der Waals surface area contributed by atoms with Crippen molar-refractivity contribution in [2.24, 2.45) is 0 Å². The zero-order valence-corrected chi connectivity index (χ0v) is 22.8. The lowest BCUT2D eigenvalue weighted by molar-refractivity contribution is -0.123. The fraction of sp³-hybridized carbons (Fsp3) is 0.333. The molecule has 1 aliphatic heterocycles. The molecular formula is C30H31ClN2O3S. The molecule has 2 aromatic carbocycles. The van der Waals surface area contributed by atoms with Crippen LogP contribution in [0, 0.1) is 13.8 Å². The molecule has 3 aromatic rings. The molecule has 2 fully saturated rings. The van der Waals surface area contributed by atoms with Gasteiger partial charge in [0.1, 0.15) is 12.4 Å². The van der Waals surface area contributed by atoms with Crippen LogP contribution in [0.5, 0.6) is 5.75 Å². The van der Waals surface area contributed by atoms with E-state index in [1.165, 1.54) is 42.6 Å². The van der Waals surface area contributed by atoms with Crippen LogP contribution in [0.3, 0.4) is 0 Å². The summed E-state index contributed by atoms with van der Waals surface area (Å²) >= 11 is 6.88. The van der Waals surface area contributed by atoms with Crippen LogP contribution in [-0.4, -0.2) is 33.8 Å². The van der Waals surface area contributed by atoms with Gasteiger partial charge in [-0.2, -0.15) is 0 Å². The highest BCUT2D eigenvalue weighted by Crippen LogP contribution is 2.35. The fourth-order valence-electron chi connectivity index (χ4n) is 5.28. The Kier molecular flexibility index (Phi) is 7.77. The molecule has 2 heterocycles. The van der Waals surface area contributed by atoms with Crippen LogP contribution < -0.4 is 4.74 Å². The molecule has 5 rings (SSSR count). The maximum absolute atomic E-state index is 13.0. The van der Waals surface area contributed by atoms with Crippen molar-refractivity contribution in [1.82, 2.24) is 9.47 Å². The number of hydrogen-bond acceptors (Lipinski definition) is 4. The first-order chi connectivity index (χ1) is 17.9. The minimum absolute atomic E-state index is 0.191. The summed E-state index contributed by atoms with van der Waals surface area (Å²) in [4.78, 5) is 27.2. The Balaban J connectivity index is 1.28. The number of amides is 2. The number of benzene rings is 2. The molecule has 0 radical (unpaired) electrons. The lowest BCUT2D eigenvalue weighted by Gasteiger charge is -2.22. The number of aryl methyl sites for hydroxylation is 1. The van der Waals surface area contributed by atoms with Gasteiger partial charge < -0.3 is 9.30 Å². The molecule has 5 nitrogen and oxygen atoms in total. The molecule has 0 bridgehead atoms. The highest BCUT2D eigenvalue weighted by Gasteiger charge is 2.35. The first-order valence-corrected chi connectivity index (χ1v) is 14.0. The third-order valence-corrected chi connectivity index (χ3v) is 8.41. The molecule has 0 spiro atoms. The topological polar surface area (TPSA) is 51.5 Å². The Bertz CT molecular complexity index is 1320. The molecule has 192 valence electrons. The third kappa shape index (κ3) is 5.65. The molecule has 2 amide bonds. The molecule has 1 saturated heterocycles. The van der Waals surface area contributed by atoms with Gasteiger partial charge in [-0.15, -0.1) is 0 Å². The monoisotopic (exact) mass is 534 g/mol. The van der Waals surface area contributed by atoms with Crippen LogP contribution in [0.2, 0.25) is 5.02 Å². The second kappa shape index (κ2) is 11.2. The summed E-state index contributed by atoms with van der Waals surface area (Å²) in [7, 11) is 0. The third-order valence-electron chi connectivity index (χ3n) is 7.26. The Morgan fingerprint density at radius 2 is 1.70 bits per heavy atom.